The number of thioether (sulfide) groups is 1. The van der Waals surface area contributed by atoms with E-state index in [2.05, 4.69) is 15.2 Å². The number of carbonyl (C=O) groups excluding carboxylic acids is 2. The first kappa shape index (κ1) is 18.1. The molecule has 0 unspecified atom stereocenters. The maximum Gasteiger partial charge on any atom is 0.268 e. The molecule has 1 aromatic heterocycles. The summed E-state index contributed by atoms with van der Waals surface area (Å²) in [6.45, 7) is 4.88. The summed E-state index contributed by atoms with van der Waals surface area (Å²) in [5, 5.41) is 3.21. The quantitative estimate of drug-likeness (QED) is 0.849. The molecule has 142 valence electrons. The number of hydrogen-bond donors (Lipinski definition) is 2. The summed E-state index contributed by atoms with van der Waals surface area (Å²) in [4.78, 5) is 31.0. The lowest BCUT2D eigenvalue weighted by atomic mass is 9.93. The Morgan fingerprint density at radius 3 is 2.62 bits per heavy atom. The molecule has 1 aliphatic heterocycles. The fourth-order valence-electron chi connectivity index (χ4n) is 5.01. The van der Waals surface area contributed by atoms with Crippen molar-refractivity contribution in [1.82, 2.24) is 15.2 Å². The zero-order valence-corrected chi connectivity index (χ0v) is 16.5. The second kappa shape index (κ2) is 7.39. The molecule has 0 aromatic carbocycles. The average Bonchev–Trinajstić information content (AvgIpc) is 3.27. The van der Waals surface area contributed by atoms with E-state index in [1.54, 1.807) is 0 Å². The standard InChI is InChI=1S/C20H29N3O2S/c1-14-17-15(5-4-6-16(17)24)22-18(14)19(25)21-13-20(7-2-3-8-20)23-9-11-26-12-10-23/h22H,2-13H2,1H3,(H,21,25). The first-order valence-corrected chi connectivity index (χ1v) is 11.1. The average molecular weight is 376 g/mol. The van der Waals surface area contributed by atoms with Crippen LogP contribution in [0.15, 0.2) is 0 Å². The van der Waals surface area contributed by atoms with Crippen LogP contribution in [0.25, 0.3) is 0 Å². The molecule has 26 heavy (non-hydrogen) atoms. The molecule has 1 saturated heterocycles. The molecule has 2 fully saturated rings. The molecule has 0 radical (unpaired) electrons. The molecular formula is C20H29N3O2S. The van der Waals surface area contributed by atoms with Crippen LogP contribution in [0.3, 0.4) is 0 Å². The van der Waals surface area contributed by atoms with Gasteiger partial charge in [-0.15, -0.1) is 0 Å². The lowest BCUT2D eigenvalue weighted by Crippen LogP contribution is -2.56. The lowest BCUT2D eigenvalue weighted by molar-refractivity contribution is 0.0813. The van der Waals surface area contributed by atoms with Crippen LogP contribution in [0, 0.1) is 6.92 Å². The van der Waals surface area contributed by atoms with Gasteiger partial charge in [-0.2, -0.15) is 11.8 Å². The Bertz CT molecular complexity index is 700. The third kappa shape index (κ3) is 3.22. The highest BCUT2D eigenvalue weighted by Crippen LogP contribution is 2.36. The van der Waals surface area contributed by atoms with Crippen molar-refractivity contribution >= 4 is 23.5 Å². The van der Waals surface area contributed by atoms with Crippen molar-refractivity contribution in [2.45, 2.75) is 57.4 Å². The second-order valence-electron chi connectivity index (χ2n) is 7.97. The van der Waals surface area contributed by atoms with Gasteiger partial charge in [0.2, 0.25) is 0 Å². The number of hydrogen-bond acceptors (Lipinski definition) is 4. The highest BCUT2D eigenvalue weighted by Gasteiger charge is 2.40. The SMILES string of the molecule is Cc1c(C(=O)NCC2(N3CCSCC3)CCCC2)[nH]c2c1C(=O)CCC2. The minimum Gasteiger partial charge on any atom is -0.354 e. The van der Waals surface area contributed by atoms with Crippen molar-refractivity contribution in [3.63, 3.8) is 0 Å². The molecule has 6 heteroatoms. The molecule has 4 rings (SSSR count). The molecule has 1 aromatic rings. The molecule has 5 nitrogen and oxygen atoms in total. The highest BCUT2D eigenvalue weighted by atomic mass is 32.2. The summed E-state index contributed by atoms with van der Waals surface area (Å²) >= 11 is 2.03. The minimum atomic E-state index is -0.0534. The van der Waals surface area contributed by atoms with Gasteiger partial charge in [0, 0.05) is 54.4 Å². The number of aryl methyl sites for hydroxylation is 1. The number of aromatic nitrogens is 1. The van der Waals surface area contributed by atoms with E-state index in [9.17, 15) is 9.59 Å². The van der Waals surface area contributed by atoms with E-state index >= 15 is 0 Å². The third-order valence-corrected chi connectivity index (χ3v) is 7.40. The summed E-state index contributed by atoms with van der Waals surface area (Å²) in [6, 6.07) is 0. The maximum absolute atomic E-state index is 12.9. The van der Waals surface area contributed by atoms with E-state index in [0.717, 1.165) is 42.8 Å². The topological polar surface area (TPSA) is 65.2 Å². The van der Waals surface area contributed by atoms with Gasteiger partial charge >= 0.3 is 0 Å². The Balaban J connectivity index is 1.48. The summed E-state index contributed by atoms with van der Waals surface area (Å²) in [5.74, 6) is 2.51. The molecule has 2 N–H and O–H groups in total. The number of ketones is 1. The second-order valence-corrected chi connectivity index (χ2v) is 9.19. The molecule has 2 heterocycles. The number of carbonyl (C=O) groups is 2. The summed E-state index contributed by atoms with van der Waals surface area (Å²) in [7, 11) is 0. The number of fused-ring (bicyclic) bond motifs is 1. The summed E-state index contributed by atoms with van der Waals surface area (Å²) < 4.78 is 0. The van der Waals surface area contributed by atoms with E-state index in [-0.39, 0.29) is 17.2 Å². The van der Waals surface area contributed by atoms with Crippen molar-refractivity contribution < 1.29 is 9.59 Å². The van der Waals surface area contributed by atoms with E-state index < -0.39 is 0 Å². The van der Waals surface area contributed by atoms with Crippen LogP contribution in [0.2, 0.25) is 0 Å². The summed E-state index contributed by atoms with van der Waals surface area (Å²) in [6.07, 6.45) is 7.21. The Morgan fingerprint density at radius 2 is 1.92 bits per heavy atom. The van der Waals surface area contributed by atoms with E-state index in [0.29, 0.717) is 18.7 Å². The van der Waals surface area contributed by atoms with Crippen LogP contribution in [0.1, 0.15) is 70.6 Å². The Kier molecular flexibility index (Phi) is 5.15. The van der Waals surface area contributed by atoms with E-state index in [4.69, 9.17) is 0 Å². The molecule has 1 saturated carbocycles. The first-order valence-electron chi connectivity index (χ1n) is 9.96. The molecule has 2 aliphatic carbocycles. The van der Waals surface area contributed by atoms with Crippen LogP contribution in [0.5, 0.6) is 0 Å². The number of Topliss-reactive ketones (excluding diaryl/α,β-unsaturated/α-hetero) is 1. The van der Waals surface area contributed by atoms with Crippen molar-refractivity contribution in [2.24, 2.45) is 0 Å². The molecule has 0 spiro atoms. The van der Waals surface area contributed by atoms with Gasteiger partial charge in [0.15, 0.2) is 5.78 Å². The van der Waals surface area contributed by atoms with Gasteiger partial charge in [0.1, 0.15) is 5.69 Å². The van der Waals surface area contributed by atoms with Gasteiger partial charge < -0.3 is 10.3 Å². The van der Waals surface area contributed by atoms with Crippen molar-refractivity contribution in [3.8, 4) is 0 Å². The van der Waals surface area contributed by atoms with Crippen molar-refractivity contribution in [3.05, 3.63) is 22.5 Å². The summed E-state index contributed by atoms with van der Waals surface area (Å²) in [5.41, 5.74) is 3.27. The van der Waals surface area contributed by atoms with Gasteiger partial charge in [0.05, 0.1) is 0 Å². The predicted octanol–water partition coefficient (Wildman–Crippen LogP) is 2.93. The fraction of sp³-hybridized carbons (Fsp3) is 0.700. The highest BCUT2D eigenvalue weighted by molar-refractivity contribution is 7.99. The van der Waals surface area contributed by atoms with Gasteiger partial charge in [-0.25, -0.2) is 0 Å². The van der Waals surface area contributed by atoms with Gasteiger partial charge in [-0.3, -0.25) is 14.5 Å². The molecular weight excluding hydrogens is 346 g/mol. The van der Waals surface area contributed by atoms with Crippen LogP contribution in [-0.4, -0.2) is 58.3 Å². The lowest BCUT2D eigenvalue weighted by Gasteiger charge is -2.43. The van der Waals surface area contributed by atoms with Gasteiger partial charge in [0.25, 0.3) is 5.91 Å². The number of aromatic amines is 1. The number of H-pyrrole nitrogens is 1. The Morgan fingerprint density at radius 1 is 1.19 bits per heavy atom. The molecule has 0 atom stereocenters. The Hall–Kier alpha value is -1.27. The number of nitrogens with zero attached hydrogens (tertiary/aromatic N) is 1. The smallest absolute Gasteiger partial charge is 0.268 e. The normalized spacial score (nSPS) is 23.0. The third-order valence-electron chi connectivity index (χ3n) is 6.46. The number of nitrogens with one attached hydrogen (secondary N) is 2. The van der Waals surface area contributed by atoms with Gasteiger partial charge in [-0.05, 0) is 38.2 Å². The van der Waals surface area contributed by atoms with Crippen molar-refractivity contribution in [1.29, 1.82) is 0 Å². The number of amides is 1. The van der Waals surface area contributed by atoms with Crippen LogP contribution in [-0.2, 0) is 6.42 Å². The largest absolute Gasteiger partial charge is 0.354 e. The maximum atomic E-state index is 12.9. The van der Waals surface area contributed by atoms with E-state index in [1.807, 2.05) is 18.7 Å². The van der Waals surface area contributed by atoms with Crippen molar-refractivity contribution in [2.75, 3.05) is 31.1 Å². The zero-order chi connectivity index (χ0) is 18.1. The number of rotatable bonds is 4. The molecule has 1 amide bonds. The molecule has 0 bridgehead atoms. The van der Waals surface area contributed by atoms with Gasteiger partial charge in [-0.1, -0.05) is 12.8 Å². The van der Waals surface area contributed by atoms with Crippen LogP contribution >= 0.6 is 11.8 Å². The first-order chi connectivity index (χ1) is 12.6. The zero-order valence-electron chi connectivity index (χ0n) is 15.7. The Labute approximate surface area is 159 Å². The minimum absolute atomic E-state index is 0.0534. The van der Waals surface area contributed by atoms with Crippen LogP contribution in [0.4, 0.5) is 0 Å². The van der Waals surface area contributed by atoms with Crippen LogP contribution < -0.4 is 5.32 Å². The van der Waals surface area contributed by atoms with E-state index in [1.165, 1.54) is 37.2 Å². The monoisotopic (exact) mass is 375 g/mol. The fourth-order valence-corrected chi connectivity index (χ4v) is 5.91. The molecule has 3 aliphatic rings. The predicted molar refractivity (Wildman–Crippen MR) is 105 cm³/mol.